The lowest BCUT2D eigenvalue weighted by Crippen LogP contribution is -2.54. The fourth-order valence-electron chi connectivity index (χ4n) is 2.65. The number of anilines is 1. The van der Waals surface area contributed by atoms with E-state index in [0.717, 1.165) is 0 Å². The number of alkyl halides is 3. The average molecular weight is 345 g/mol. The van der Waals surface area contributed by atoms with Crippen molar-refractivity contribution in [3.8, 4) is 5.75 Å². The van der Waals surface area contributed by atoms with Crippen molar-refractivity contribution < 1.29 is 22.7 Å². The molecule has 1 fully saturated rings. The Morgan fingerprint density at radius 3 is 2.29 bits per heavy atom. The number of nitrogens with one attached hydrogen (secondary N) is 1. The molecule has 1 N–H and O–H groups in total. The summed E-state index contributed by atoms with van der Waals surface area (Å²) in [7, 11) is 1.56. The van der Waals surface area contributed by atoms with Gasteiger partial charge in [0.2, 0.25) is 5.91 Å². The van der Waals surface area contributed by atoms with E-state index in [1.807, 2.05) is 4.90 Å². The highest BCUT2D eigenvalue weighted by Gasteiger charge is 2.33. The predicted octanol–water partition coefficient (Wildman–Crippen LogP) is 2.20. The maximum absolute atomic E-state index is 12.4. The molecule has 1 aliphatic rings. The molecule has 0 bridgehead atoms. The number of methoxy groups -OCH3 is 1. The fourth-order valence-corrected chi connectivity index (χ4v) is 2.65. The van der Waals surface area contributed by atoms with Crippen molar-refractivity contribution in [1.82, 2.24) is 9.80 Å². The van der Waals surface area contributed by atoms with Gasteiger partial charge in [-0.2, -0.15) is 13.2 Å². The summed E-state index contributed by atoms with van der Waals surface area (Å²) in [5, 5.41) is 2.81. The van der Waals surface area contributed by atoms with Gasteiger partial charge in [0.1, 0.15) is 5.75 Å². The highest BCUT2D eigenvalue weighted by molar-refractivity contribution is 5.94. The number of hydrogen-bond donors (Lipinski definition) is 1. The first-order chi connectivity index (χ1) is 11.3. The van der Waals surface area contributed by atoms with E-state index in [1.165, 1.54) is 4.90 Å². The Morgan fingerprint density at radius 2 is 1.79 bits per heavy atom. The summed E-state index contributed by atoms with van der Waals surface area (Å²) in [6, 6.07) is 6.57. The minimum absolute atomic E-state index is 0.176. The number of halogens is 3. The van der Waals surface area contributed by atoms with Gasteiger partial charge in [-0.25, -0.2) is 0 Å². The topological polar surface area (TPSA) is 44.8 Å². The standard InChI is InChI=1S/C16H22F3N3O2/c1-12(15(23)20-13-3-5-14(24-2)6-4-13)22-9-7-21(8-10-22)11-16(17,18)19/h3-6,12H,7-11H2,1-2H3,(H,20,23). The summed E-state index contributed by atoms with van der Waals surface area (Å²) < 4.78 is 42.2. The molecule has 134 valence electrons. The molecule has 5 nitrogen and oxygen atoms in total. The van der Waals surface area contributed by atoms with Crippen molar-refractivity contribution in [3.63, 3.8) is 0 Å². The summed E-state index contributed by atoms with van der Waals surface area (Å²) in [5.41, 5.74) is 0.656. The van der Waals surface area contributed by atoms with Crippen LogP contribution in [-0.2, 0) is 4.79 Å². The summed E-state index contributed by atoms with van der Waals surface area (Å²) in [6.07, 6.45) is -4.18. The molecule has 1 unspecified atom stereocenters. The number of hydrogen-bond acceptors (Lipinski definition) is 4. The van der Waals surface area contributed by atoms with E-state index < -0.39 is 18.8 Å². The lowest BCUT2D eigenvalue weighted by molar-refractivity contribution is -0.150. The van der Waals surface area contributed by atoms with Crippen molar-refractivity contribution >= 4 is 11.6 Å². The molecule has 2 rings (SSSR count). The zero-order chi connectivity index (χ0) is 17.7. The molecule has 1 amide bonds. The second kappa shape index (κ2) is 7.85. The van der Waals surface area contributed by atoms with E-state index in [-0.39, 0.29) is 5.91 Å². The number of benzene rings is 1. The normalized spacial score (nSPS) is 18.2. The number of carbonyl (C=O) groups is 1. The van der Waals surface area contributed by atoms with Crippen LogP contribution in [0.25, 0.3) is 0 Å². The molecule has 1 aromatic carbocycles. The highest BCUT2D eigenvalue weighted by atomic mass is 19.4. The van der Waals surface area contributed by atoms with Crippen molar-refractivity contribution in [2.45, 2.75) is 19.1 Å². The van der Waals surface area contributed by atoms with Crippen LogP contribution in [0.4, 0.5) is 18.9 Å². The maximum atomic E-state index is 12.4. The Kier molecular flexibility index (Phi) is 6.06. The van der Waals surface area contributed by atoms with Crippen LogP contribution < -0.4 is 10.1 Å². The summed E-state index contributed by atoms with van der Waals surface area (Å²) in [6.45, 7) is 2.35. The summed E-state index contributed by atoms with van der Waals surface area (Å²) >= 11 is 0. The van der Waals surface area contributed by atoms with Crippen LogP contribution in [0.2, 0.25) is 0 Å². The summed E-state index contributed by atoms with van der Waals surface area (Å²) in [4.78, 5) is 15.6. The van der Waals surface area contributed by atoms with E-state index in [9.17, 15) is 18.0 Å². The van der Waals surface area contributed by atoms with Gasteiger partial charge in [0, 0.05) is 31.9 Å². The van der Waals surface area contributed by atoms with Crippen LogP contribution in [0.15, 0.2) is 24.3 Å². The van der Waals surface area contributed by atoms with Gasteiger partial charge < -0.3 is 10.1 Å². The first-order valence-corrected chi connectivity index (χ1v) is 7.76. The Bertz CT molecular complexity index is 540. The molecule has 0 saturated carbocycles. The Hall–Kier alpha value is -1.80. The van der Waals surface area contributed by atoms with Crippen LogP contribution in [-0.4, -0.2) is 67.8 Å². The van der Waals surface area contributed by atoms with Crippen molar-refractivity contribution in [2.75, 3.05) is 45.2 Å². The molecule has 1 heterocycles. The van der Waals surface area contributed by atoms with Crippen LogP contribution in [0.5, 0.6) is 5.75 Å². The third kappa shape index (κ3) is 5.38. The van der Waals surface area contributed by atoms with Crippen molar-refractivity contribution in [2.24, 2.45) is 0 Å². The highest BCUT2D eigenvalue weighted by Crippen LogP contribution is 2.19. The molecule has 0 radical (unpaired) electrons. The number of nitrogens with zero attached hydrogens (tertiary/aromatic N) is 2. The molecular formula is C16H22F3N3O2. The van der Waals surface area contributed by atoms with Gasteiger partial charge in [-0.1, -0.05) is 0 Å². The molecule has 0 aromatic heterocycles. The van der Waals surface area contributed by atoms with Gasteiger partial charge in [-0.3, -0.25) is 14.6 Å². The SMILES string of the molecule is COc1ccc(NC(=O)C(C)N2CCN(CC(F)(F)F)CC2)cc1. The number of amides is 1. The van der Waals surface area contributed by atoms with E-state index >= 15 is 0 Å². The predicted molar refractivity (Wildman–Crippen MR) is 85.2 cm³/mol. The molecule has 1 aliphatic heterocycles. The lowest BCUT2D eigenvalue weighted by atomic mass is 10.2. The van der Waals surface area contributed by atoms with Gasteiger partial charge in [0.25, 0.3) is 0 Å². The van der Waals surface area contributed by atoms with Crippen molar-refractivity contribution in [1.29, 1.82) is 0 Å². The Balaban J connectivity index is 1.83. The minimum Gasteiger partial charge on any atom is -0.497 e. The lowest BCUT2D eigenvalue weighted by Gasteiger charge is -2.37. The molecule has 24 heavy (non-hydrogen) atoms. The fraction of sp³-hybridized carbons (Fsp3) is 0.562. The Morgan fingerprint density at radius 1 is 1.21 bits per heavy atom. The van der Waals surface area contributed by atoms with Gasteiger partial charge >= 0.3 is 6.18 Å². The Labute approximate surface area is 139 Å². The van der Waals surface area contributed by atoms with Crippen LogP contribution in [0, 0.1) is 0 Å². The van der Waals surface area contributed by atoms with Gasteiger partial charge in [-0.05, 0) is 31.2 Å². The zero-order valence-electron chi connectivity index (χ0n) is 13.8. The first-order valence-electron chi connectivity index (χ1n) is 7.76. The quantitative estimate of drug-likeness (QED) is 0.889. The van der Waals surface area contributed by atoms with E-state index in [2.05, 4.69) is 5.32 Å². The number of piperazine rings is 1. The molecule has 1 atom stereocenters. The second-order valence-corrected chi connectivity index (χ2v) is 5.82. The number of ether oxygens (including phenoxy) is 1. The largest absolute Gasteiger partial charge is 0.497 e. The third-order valence-corrected chi connectivity index (χ3v) is 4.09. The smallest absolute Gasteiger partial charge is 0.401 e. The van der Waals surface area contributed by atoms with E-state index in [4.69, 9.17) is 4.74 Å². The molecule has 1 saturated heterocycles. The number of carbonyl (C=O) groups excluding carboxylic acids is 1. The third-order valence-electron chi connectivity index (χ3n) is 4.09. The van der Waals surface area contributed by atoms with Crippen LogP contribution in [0.3, 0.4) is 0 Å². The summed E-state index contributed by atoms with van der Waals surface area (Å²) in [5.74, 6) is 0.520. The van der Waals surface area contributed by atoms with Gasteiger partial charge in [-0.15, -0.1) is 0 Å². The van der Waals surface area contributed by atoms with Gasteiger partial charge in [0.15, 0.2) is 0 Å². The zero-order valence-corrected chi connectivity index (χ0v) is 13.8. The minimum atomic E-state index is -4.18. The second-order valence-electron chi connectivity index (χ2n) is 5.82. The van der Waals surface area contributed by atoms with Crippen molar-refractivity contribution in [3.05, 3.63) is 24.3 Å². The maximum Gasteiger partial charge on any atom is 0.401 e. The van der Waals surface area contributed by atoms with Gasteiger partial charge in [0.05, 0.1) is 19.7 Å². The number of rotatable bonds is 5. The molecule has 8 heteroatoms. The van der Waals surface area contributed by atoms with Crippen LogP contribution in [0.1, 0.15) is 6.92 Å². The monoisotopic (exact) mass is 345 g/mol. The molecule has 0 aliphatic carbocycles. The van der Waals surface area contributed by atoms with Crippen LogP contribution >= 0.6 is 0 Å². The molecular weight excluding hydrogens is 323 g/mol. The first kappa shape index (κ1) is 18.5. The molecule has 0 spiro atoms. The molecule has 1 aromatic rings. The van der Waals surface area contributed by atoms with E-state index in [1.54, 1.807) is 38.3 Å². The van der Waals surface area contributed by atoms with E-state index in [0.29, 0.717) is 37.6 Å². The average Bonchev–Trinajstić information content (AvgIpc) is 2.54.